The summed E-state index contributed by atoms with van der Waals surface area (Å²) in [6, 6.07) is 50.2. The van der Waals surface area contributed by atoms with Crippen LogP contribution in [-0.4, -0.2) is 71.2 Å². The van der Waals surface area contributed by atoms with Crippen molar-refractivity contribution in [2.45, 2.75) is 0 Å². The average molecular weight is 805 g/mol. The topological polar surface area (TPSA) is 48.5 Å². The van der Waals surface area contributed by atoms with Crippen molar-refractivity contribution in [1.82, 2.24) is 24.1 Å². The van der Waals surface area contributed by atoms with Crippen LogP contribution in [0.5, 0.6) is 0 Å². The van der Waals surface area contributed by atoms with Crippen LogP contribution in [0.4, 0.5) is 0 Å². The van der Waals surface area contributed by atoms with Gasteiger partial charge in [0, 0.05) is 70.4 Å². The summed E-state index contributed by atoms with van der Waals surface area (Å²) in [6.07, 6.45) is 0. The molecule has 12 radical (unpaired) electrons. The summed E-state index contributed by atoms with van der Waals surface area (Å²) < 4.78 is 6.51. The van der Waals surface area contributed by atoms with Gasteiger partial charge in [0.25, 0.3) is 0 Å². The lowest BCUT2D eigenvalue weighted by molar-refractivity contribution is 1.07. The molecule has 12 rings (SSSR count). The van der Waals surface area contributed by atoms with E-state index in [1.54, 1.807) is 23.5 Å². The van der Waals surface area contributed by atoms with Gasteiger partial charge in [0.05, 0.1) is 21.4 Å². The monoisotopic (exact) mass is 805 g/mol. The molecule has 12 heteroatoms. The van der Waals surface area contributed by atoms with Gasteiger partial charge in [-0.2, -0.15) is 0 Å². The molecule has 63 heavy (non-hydrogen) atoms. The highest BCUT2D eigenvalue weighted by Crippen LogP contribution is 2.44. The number of fused-ring (bicyclic) bond motifs is 10. The maximum Gasteiger partial charge on any atom is 0.164 e. The van der Waals surface area contributed by atoms with Crippen molar-refractivity contribution < 1.29 is 0 Å². The summed E-state index contributed by atoms with van der Waals surface area (Å²) >= 11 is 1.70. The molecule has 0 bridgehead atoms. The number of benzene rings is 8. The lowest BCUT2D eigenvalue weighted by Crippen LogP contribution is -2.27. The highest BCUT2D eigenvalue weighted by atomic mass is 32.1. The van der Waals surface area contributed by atoms with Crippen molar-refractivity contribution in [2.75, 3.05) is 0 Å². The van der Waals surface area contributed by atoms with E-state index in [-0.39, 0.29) is 0 Å². The molecule has 0 unspecified atom stereocenters. The minimum absolute atomic E-state index is 0.412. The van der Waals surface area contributed by atoms with Gasteiger partial charge in [0.15, 0.2) is 17.5 Å². The first-order chi connectivity index (χ1) is 30.7. The van der Waals surface area contributed by atoms with E-state index in [9.17, 15) is 0 Å². The van der Waals surface area contributed by atoms with Crippen LogP contribution in [0.3, 0.4) is 0 Å². The second kappa shape index (κ2) is 14.3. The highest BCUT2D eigenvalue weighted by molar-refractivity contribution is 7.26. The Hall–Kier alpha value is -7.02. The fourth-order valence-corrected chi connectivity index (χ4v) is 10.5. The lowest BCUT2D eigenvalue weighted by atomic mass is 9.74. The molecule has 4 aromatic heterocycles. The first-order valence-corrected chi connectivity index (χ1v) is 21.2. The van der Waals surface area contributed by atoms with Crippen molar-refractivity contribution in [3.63, 3.8) is 0 Å². The van der Waals surface area contributed by atoms with Crippen molar-refractivity contribution in [2.24, 2.45) is 0 Å². The normalized spacial score (nSPS) is 11.9. The van der Waals surface area contributed by atoms with Gasteiger partial charge in [-0.1, -0.05) is 148 Å². The van der Waals surface area contributed by atoms with Crippen LogP contribution in [0.2, 0.25) is 0 Å². The minimum Gasteiger partial charge on any atom is -0.308 e. The van der Waals surface area contributed by atoms with Crippen molar-refractivity contribution in [1.29, 1.82) is 0 Å². The minimum atomic E-state index is 0.412. The van der Waals surface area contributed by atoms with Crippen LogP contribution in [0.25, 0.3) is 109 Å². The van der Waals surface area contributed by atoms with Gasteiger partial charge in [-0.25, -0.2) is 15.0 Å². The Labute approximate surface area is 374 Å². The number of aromatic nitrogens is 5. The fourth-order valence-electron chi connectivity index (χ4n) is 9.32. The number of para-hydroxylation sites is 1. The molecule has 0 amide bonds. The Morgan fingerprint density at radius 1 is 0.397 bits per heavy atom. The molecule has 0 aliphatic heterocycles. The van der Waals surface area contributed by atoms with E-state index < -0.39 is 0 Å². The van der Waals surface area contributed by atoms with E-state index in [1.165, 1.54) is 0 Å². The Kier molecular flexibility index (Phi) is 8.54. The second-order valence-electron chi connectivity index (χ2n) is 15.8. The highest BCUT2D eigenvalue weighted by Gasteiger charge is 2.27. The molecular formula is C51H25B6N5S. The van der Waals surface area contributed by atoms with Crippen LogP contribution in [0.15, 0.2) is 152 Å². The molecular weight excluding hydrogens is 780 g/mol. The fraction of sp³-hybridized carbons (Fsp3) is 0. The standard InChI is InChI=1S/C51H25B6N5S/c52-29-22-34-40-42(56)43(57)41-35-23-30(53)25-37(55)45(35)62(47(41)46(40)61(44(34)36(54)24-29)31-15-8-3-9-16-31)38-18-10-17-32-33-21-28(19-20-39(33)63-48(32)38)51-59-49(26-11-4-1-5-12-26)58-50(60-51)27-13-6-2-7-14-27/h1-25H. The Balaban J connectivity index is 1.18. The average Bonchev–Trinajstić information content (AvgIpc) is 3.97. The molecule has 8 aromatic carbocycles. The zero-order valence-electron chi connectivity index (χ0n) is 33.5. The van der Waals surface area contributed by atoms with Gasteiger partial charge in [0.2, 0.25) is 0 Å². The zero-order valence-corrected chi connectivity index (χ0v) is 34.4. The summed E-state index contributed by atoms with van der Waals surface area (Å²) in [5.41, 5.74) is 10.5. The quantitative estimate of drug-likeness (QED) is 0.195. The molecule has 0 saturated heterocycles. The third kappa shape index (κ3) is 5.74. The molecule has 5 nitrogen and oxygen atoms in total. The van der Waals surface area contributed by atoms with Crippen molar-refractivity contribution in [3.8, 4) is 45.5 Å². The van der Waals surface area contributed by atoms with E-state index in [0.717, 1.165) is 91.8 Å². The van der Waals surface area contributed by atoms with Gasteiger partial charge < -0.3 is 9.13 Å². The Bertz CT molecular complexity index is 3810. The van der Waals surface area contributed by atoms with Crippen molar-refractivity contribution in [3.05, 3.63) is 152 Å². The summed E-state index contributed by atoms with van der Waals surface area (Å²) in [5, 5.41) is 5.16. The Morgan fingerprint density at radius 3 is 1.48 bits per heavy atom. The van der Waals surface area contributed by atoms with Crippen LogP contribution in [-0.2, 0) is 0 Å². The largest absolute Gasteiger partial charge is 0.308 e. The second-order valence-corrected chi connectivity index (χ2v) is 16.9. The predicted octanol–water partition coefficient (Wildman–Crippen LogP) is 6.20. The van der Waals surface area contributed by atoms with Gasteiger partial charge in [-0.15, -0.1) is 11.3 Å². The van der Waals surface area contributed by atoms with E-state index in [0.29, 0.717) is 50.3 Å². The predicted molar refractivity (Wildman–Crippen MR) is 270 cm³/mol. The van der Waals surface area contributed by atoms with Gasteiger partial charge in [-0.05, 0) is 36.4 Å². The molecule has 0 aliphatic rings. The van der Waals surface area contributed by atoms with E-state index in [4.69, 9.17) is 62.0 Å². The lowest BCUT2D eigenvalue weighted by Gasteiger charge is -2.16. The van der Waals surface area contributed by atoms with Crippen LogP contribution >= 0.6 is 11.3 Å². The third-order valence-electron chi connectivity index (χ3n) is 12.0. The number of thiophene rings is 1. The molecule has 0 spiro atoms. The van der Waals surface area contributed by atoms with Gasteiger partial charge in [0.1, 0.15) is 47.1 Å². The maximum absolute atomic E-state index is 7.19. The molecule has 0 atom stereocenters. The van der Waals surface area contributed by atoms with Gasteiger partial charge >= 0.3 is 0 Å². The molecule has 278 valence electrons. The molecule has 0 fully saturated rings. The summed E-state index contributed by atoms with van der Waals surface area (Å²) in [6.45, 7) is 0. The zero-order chi connectivity index (χ0) is 42.7. The summed E-state index contributed by atoms with van der Waals surface area (Å²) in [5.74, 6) is 1.78. The SMILES string of the molecule is [B]c1cc([B])c2c(c1)c1c([B])c([B])c3c4cc([B])cc([B])c4n(-c4cccc5c4sc4ccc(-c6nc(-c7ccccc7)nc(-c7ccccc7)n6)cc45)c3c1n2-c1ccccc1. The first-order valence-electron chi connectivity index (χ1n) is 20.3. The van der Waals surface area contributed by atoms with E-state index in [2.05, 4.69) is 57.7 Å². The first kappa shape index (κ1) is 37.7. The van der Waals surface area contributed by atoms with Crippen LogP contribution in [0.1, 0.15) is 0 Å². The van der Waals surface area contributed by atoms with Crippen LogP contribution in [0, 0.1) is 0 Å². The molecule has 0 saturated carbocycles. The molecule has 0 N–H and O–H groups in total. The number of hydrogen-bond acceptors (Lipinski definition) is 4. The number of hydrogen-bond donors (Lipinski definition) is 0. The molecule has 4 heterocycles. The Morgan fingerprint density at radius 2 is 0.905 bits per heavy atom. The number of rotatable bonds is 5. The third-order valence-corrected chi connectivity index (χ3v) is 13.2. The summed E-state index contributed by atoms with van der Waals surface area (Å²) in [4.78, 5) is 15.0. The number of nitrogens with zero attached hydrogens (tertiary/aromatic N) is 5. The van der Waals surface area contributed by atoms with E-state index in [1.807, 2.05) is 91.0 Å². The summed E-state index contributed by atoms with van der Waals surface area (Å²) in [7, 11) is 41.3. The smallest absolute Gasteiger partial charge is 0.164 e. The van der Waals surface area contributed by atoms with Crippen LogP contribution < -0.4 is 32.8 Å². The van der Waals surface area contributed by atoms with Gasteiger partial charge in [-0.3, -0.25) is 0 Å². The molecule has 12 aromatic rings. The molecule has 0 aliphatic carbocycles. The van der Waals surface area contributed by atoms with E-state index >= 15 is 0 Å². The van der Waals surface area contributed by atoms with Crippen molar-refractivity contribution >= 4 is 155 Å². The maximum atomic E-state index is 7.19.